The van der Waals surface area contributed by atoms with E-state index in [9.17, 15) is 4.79 Å². The van der Waals surface area contributed by atoms with Crippen LogP contribution in [0.1, 0.15) is 15.9 Å². The van der Waals surface area contributed by atoms with Crippen molar-refractivity contribution in [2.24, 2.45) is 0 Å². The van der Waals surface area contributed by atoms with Crippen LogP contribution in [0.2, 0.25) is 10.0 Å². The molecule has 0 atom stereocenters. The van der Waals surface area contributed by atoms with E-state index in [0.717, 1.165) is 59.9 Å². The number of benzene rings is 4. The lowest BCUT2D eigenvalue weighted by atomic mass is 10.0. The van der Waals surface area contributed by atoms with Crippen molar-refractivity contribution in [3.05, 3.63) is 106 Å². The number of nitrogens with one attached hydrogen (secondary N) is 1. The van der Waals surface area contributed by atoms with E-state index >= 15 is 0 Å². The molecule has 0 aliphatic carbocycles. The van der Waals surface area contributed by atoms with Gasteiger partial charge in [-0.1, -0.05) is 65.7 Å². The maximum Gasteiger partial charge on any atom is 0.256 e. The summed E-state index contributed by atoms with van der Waals surface area (Å²) in [6.07, 6.45) is 0. The summed E-state index contributed by atoms with van der Waals surface area (Å²) >= 11 is 12.6. The molecule has 1 N–H and O–H groups in total. The molecule has 0 radical (unpaired) electrons. The molecule has 172 valence electrons. The summed E-state index contributed by atoms with van der Waals surface area (Å²) in [5, 5.41) is 6.21. The van der Waals surface area contributed by atoms with Crippen molar-refractivity contribution in [3.8, 4) is 0 Å². The first-order chi connectivity index (χ1) is 16.6. The molecule has 0 bridgehead atoms. The molecule has 0 spiro atoms. The van der Waals surface area contributed by atoms with E-state index in [1.165, 1.54) is 5.56 Å². The summed E-state index contributed by atoms with van der Waals surface area (Å²) in [7, 11) is 0. The zero-order valence-electron chi connectivity index (χ0n) is 18.7. The summed E-state index contributed by atoms with van der Waals surface area (Å²) in [6.45, 7) is 4.73. The van der Waals surface area contributed by atoms with Crippen LogP contribution in [0.3, 0.4) is 0 Å². The zero-order chi connectivity index (χ0) is 23.5. The number of hydrogen-bond donors (Lipinski definition) is 1. The van der Waals surface area contributed by atoms with Gasteiger partial charge in [-0.05, 0) is 53.4 Å². The lowest BCUT2D eigenvalue weighted by Crippen LogP contribution is -2.46. The van der Waals surface area contributed by atoms with Gasteiger partial charge in [0.05, 0.1) is 0 Å². The third-order valence-corrected chi connectivity index (χ3v) is 7.03. The molecular formula is C28H25Cl2N3O. The van der Waals surface area contributed by atoms with Gasteiger partial charge in [0.25, 0.3) is 5.91 Å². The van der Waals surface area contributed by atoms with Crippen molar-refractivity contribution in [2.45, 2.75) is 6.54 Å². The fourth-order valence-electron chi connectivity index (χ4n) is 4.46. The predicted octanol–water partition coefficient (Wildman–Crippen LogP) is 6.72. The first-order valence-electron chi connectivity index (χ1n) is 11.4. The Morgan fingerprint density at radius 2 is 1.41 bits per heavy atom. The standard InChI is InChI=1S/C28H25Cl2N3O/c29-26-9-2-1-5-20(26)19-32-15-17-33(18-16-32)22-13-11-21(12-14-22)31-28(34)25-8-3-7-24-23(25)6-4-10-27(24)30/h1-14H,15-19H2,(H,31,34). The van der Waals surface area contributed by atoms with Gasteiger partial charge in [0.2, 0.25) is 0 Å². The van der Waals surface area contributed by atoms with Crippen LogP contribution in [0.15, 0.2) is 84.9 Å². The molecule has 1 amide bonds. The molecule has 1 fully saturated rings. The summed E-state index contributed by atoms with van der Waals surface area (Å²) < 4.78 is 0. The van der Waals surface area contributed by atoms with Crippen LogP contribution in [0.5, 0.6) is 0 Å². The lowest BCUT2D eigenvalue weighted by molar-refractivity contribution is 0.102. The van der Waals surface area contributed by atoms with Crippen LogP contribution in [-0.4, -0.2) is 37.0 Å². The molecule has 34 heavy (non-hydrogen) atoms. The molecule has 0 unspecified atom stereocenters. The summed E-state index contributed by atoms with van der Waals surface area (Å²) in [4.78, 5) is 17.8. The molecule has 1 heterocycles. The SMILES string of the molecule is O=C(Nc1ccc(N2CCN(Cc3ccccc3Cl)CC2)cc1)c1cccc2c(Cl)cccc12. The van der Waals surface area contributed by atoms with Gasteiger partial charge in [-0.15, -0.1) is 0 Å². The third-order valence-electron chi connectivity index (χ3n) is 6.33. The smallest absolute Gasteiger partial charge is 0.256 e. The number of fused-ring (bicyclic) bond motifs is 1. The number of rotatable bonds is 5. The minimum absolute atomic E-state index is 0.145. The number of piperazine rings is 1. The monoisotopic (exact) mass is 489 g/mol. The molecule has 5 rings (SSSR count). The highest BCUT2D eigenvalue weighted by molar-refractivity contribution is 6.36. The van der Waals surface area contributed by atoms with Crippen molar-refractivity contribution < 1.29 is 4.79 Å². The number of amides is 1. The Hall–Kier alpha value is -3.05. The van der Waals surface area contributed by atoms with Gasteiger partial charge in [-0.3, -0.25) is 9.69 Å². The Bertz CT molecular complexity index is 1320. The summed E-state index contributed by atoms with van der Waals surface area (Å²) in [5.74, 6) is -0.145. The van der Waals surface area contributed by atoms with Gasteiger partial charge in [0, 0.05) is 65.1 Å². The van der Waals surface area contributed by atoms with Gasteiger partial charge < -0.3 is 10.2 Å². The molecule has 4 aromatic carbocycles. The molecule has 1 aliphatic heterocycles. The van der Waals surface area contributed by atoms with E-state index in [1.807, 2.05) is 66.7 Å². The number of halogens is 2. The fourth-order valence-corrected chi connectivity index (χ4v) is 4.89. The summed E-state index contributed by atoms with van der Waals surface area (Å²) in [5.41, 5.74) is 3.71. The van der Waals surface area contributed by atoms with Crippen molar-refractivity contribution in [1.82, 2.24) is 4.90 Å². The van der Waals surface area contributed by atoms with E-state index < -0.39 is 0 Å². The highest BCUT2D eigenvalue weighted by Gasteiger charge is 2.18. The van der Waals surface area contributed by atoms with Crippen LogP contribution in [0, 0.1) is 0 Å². The third kappa shape index (κ3) is 4.90. The van der Waals surface area contributed by atoms with Crippen LogP contribution in [0.4, 0.5) is 11.4 Å². The van der Waals surface area contributed by atoms with E-state index in [4.69, 9.17) is 23.2 Å². The number of anilines is 2. The average Bonchev–Trinajstić information content (AvgIpc) is 2.86. The molecule has 1 aliphatic rings. The van der Waals surface area contributed by atoms with Gasteiger partial charge in [-0.25, -0.2) is 0 Å². The minimum Gasteiger partial charge on any atom is -0.369 e. The minimum atomic E-state index is -0.145. The Balaban J connectivity index is 1.21. The van der Waals surface area contributed by atoms with Crippen LogP contribution < -0.4 is 10.2 Å². The van der Waals surface area contributed by atoms with Crippen molar-refractivity contribution in [2.75, 3.05) is 36.4 Å². The first-order valence-corrected chi connectivity index (χ1v) is 12.1. The Morgan fingerprint density at radius 1 is 0.735 bits per heavy atom. The Morgan fingerprint density at radius 3 is 2.18 bits per heavy atom. The number of nitrogens with zero attached hydrogens (tertiary/aromatic N) is 2. The molecule has 4 aromatic rings. The van der Waals surface area contributed by atoms with Crippen molar-refractivity contribution >= 4 is 51.3 Å². The average molecular weight is 490 g/mol. The van der Waals surface area contributed by atoms with Crippen LogP contribution >= 0.6 is 23.2 Å². The van der Waals surface area contributed by atoms with Gasteiger partial charge in [0.15, 0.2) is 0 Å². The van der Waals surface area contributed by atoms with Crippen molar-refractivity contribution in [1.29, 1.82) is 0 Å². The molecule has 0 aromatic heterocycles. The second kappa shape index (κ2) is 10.1. The quantitative estimate of drug-likeness (QED) is 0.337. The van der Waals surface area contributed by atoms with E-state index in [1.54, 1.807) is 0 Å². The van der Waals surface area contributed by atoms with Crippen molar-refractivity contribution in [3.63, 3.8) is 0 Å². The highest BCUT2D eigenvalue weighted by Crippen LogP contribution is 2.27. The maximum atomic E-state index is 13.0. The van der Waals surface area contributed by atoms with E-state index in [0.29, 0.717) is 10.6 Å². The van der Waals surface area contributed by atoms with Gasteiger partial charge in [0.1, 0.15) is 0 Å². The molecule has 6 heteroatoms. The maximum absolute atomic E-state index is 13.0. The Kier molecular flexibility index (Phi) is 6.73. The van der Waals surface area contributed by atoms with Gasteiger partial charge in [-0.2, -0.15) is 0 Å². The molecular weight excluding hydrogens is 465 g/mol. The lowest BCUT2D eigenvalue weighted by Gasteiger charge is -2.36. The second-order valence-corrected chi connectivity index (χ2v) is 9.31. The van der Waals surface area contributed by atoms with E-state index in [2.05, 4.69) is 33.3 Å². The van der Waals surface area contributed by atoms with Crippen LogP contribution in [-0.2, 0) is 6.54 Å². The zero-order valence-corrected chi connectivity index (χ0v) is 20.2. The molecule has 1 saturated heterocycles. The molecule has 4 nitrogen and oxygen atoms in total. The topological polar surface area (TPSA) is 35.6 Å². The number of hydrogen-bond acceptors (Lipinski definition) is 3. The van der Waals surface area contributed by atoms with Gasteiger partial charge >= 0.3 is 0 Å². The Labute approximate surface area is 209 Å². The fraction of sp³-hybridized carbons (Fsp3) is 0.179. The normalized spacial score (nSPS) is 14.4. The molecule has 0 saturated carbocycles. The number of carbonyl (C=O) groups excluding carboxylic acids is 1. The highest BCUT2D eigenvalue weighted by atomic mass is 35.5. The van der Waals surface area contributed by atoms with Crippen LogP contribution in [0.25, 0.3) is 10.8 Å². The predicted molar refractivity (Wildman–Crippen MR) is 142 cm³/mol. The second-order valence-electron chi connectivity index (χ2n) is 8.50. The largest absolute Gasteiger partial charge is 0.369 e. The number of carbonyl (C=O) groups is 1. The first kappa shape index (κ1) is 22.7. The van der Waals surface area contributed by atoms with E-state index in [-0.39, 0.29) is 5.91 Å². The summed E-state index contributed by atoms with van der Waals surface area (Å²) in [6, 6.07) is 27.3.